The molecule has 0 aromatic heterocycles. The summed E-state index contributed by atoms with van der Waals surface area (Å²) in [6.45, 7) is 6.07. The van der Waals surface area contributed by atoms with Crippen LogP contribution in [0.3, 0.4) is 0 Å². The summed E-state index contributed by atoms with van der Waals surface area (Å²) in [5.41, 5.74) is 2.29. The Hall–Kier alpha value is -0.0461. The Morgan fingerprint density at radius 2 is 1.85 bits per heavy atom. The molecule has 1 radical (unpaired) electrons. The third-order valence-corrected chi connectivity index (χ3v) is 5.70. The molecule has 0 spiro atoms. The first-order chi connectivity index (χ1) is 12.2. The Balaban J connectivity index is 0.00000338. The molecule has 0 heterocycles. The van der Waals surface area contributed by atoms with Crippen LogP contribution in [0, 0.1) is 12.8 Å². The Kier molecular flexibility index (Phi) is 12.2. The molecule has 143 valence electrons. The van der Waals surface area contributed by atoms with E-state index in [2.05, 4.69) is 38.1 Å². The van der Waals surface area contributed by atoms with Gasteiger partial charge in [-0.1, -0.05) is 69.7 Å². The third-order valence-electron chi connectivity index (χ3n) is 5.70. The largest absolute Gasteiger partial charge is 0.388 e. The number of ketones is 1. The van der Waals surface area contributed by atoms with Gasteiger partial charge >= 0.3 is 0 Å². The second-order valence-corrected chi connectivity index (χ2v) is 7.60. The Bertz CT molecular complexity index is 511. The average molecular weight is 432 g/mol. The molecular formula is C23H35O2Y-. The standard InChI is InChI=1S/C23H35O2.Y/c1-3-5-7-9-10-21-20(16-17-23(21)25)18-12-14-19(15-13-18)22(24)11-8-6-4-2;/h12-15,20-22,24H,1,3-11,16-17H2,2H3;/q-1;. The zero-order valence-corrected chi connectivity index (χ0v) is 19.3. The van der Waals surface area contributed by atoms with Crippen molar-refractivity contribution in [2.75, 3.05) is 0 Å². The van der Waals surface area contributed by atoms with Crippen molar-refractivity contribution in [2.24, 2.45) is 5.92 Å². The van der Waals surface area contributed by atoms with Crippen LogP contribution in [0.4, 0.5) is 0 Å². The third kappa shape index (κ3) is 7.17. The average Bonchev–Trinajstić information content (AvgIpc) is 3.00. The van der Waals surface area contributed by atoms with Crippen molar-refractivity contribution in [3.8, 4) is 0 Å². The molecule has 1 aromatic carbocycles. The summed E-state index contributed by atoms with van der Waals surface area (Å²) in [6.07, 6.45) is 11.1. The van der Waals surface area contributed by atoms with Gasteiger partial charge in [0.15, 0.2) is 0 Å². The summed E-state index contributed by atoms with van der Waals surface area (Å²) in [6, 6.07) is 8.41. The molecule has 0 bridgehead atoms. The number of benzene rings is 1. The molecule has 0 aliphatic heterocycles. The number of aliphatic hydroxyl groups is 1. The Morgan fingerprint density at radius 1 is 1.12 bits per heavy atom. The van der Waals surface area contributed by atoms with Crippen molar-refractivity contribution < 1.29 is 42.6 Å². The number of carbonyl (C=O) groups is 1. The van der Waals surface area contributed by atoms with Gasteiger partial charge in [0.1, 0.15) is 5.78 Å². The van der Waals surface area contributed by atoms with Crippen LogP contribution in [0.25, 0.3) is 0 Å². The zero-order valence-electron chi connectivity index (χ0n) is 16.5. The molecule has 1 fully saturated rings. The molecule has 3 unspecified atom stereocenters. The first-order valence-corrected chi connectivity index (χ1v) is 10.3. The molecule has 1 aliphatic carbocycles. The number of aliphatic hydroxyl groups excluding tert-OH is 1. The molecule has 3 heteroatoms. The maximum absolute atomic E-state index is 12.3. The van der Waals surface area contributed by atoms with Gasteiger partial charge in [-0.15, -0.1) is 0 Å². The zero-order chi connectivity index (χ0) is 18.1. The minimum Gasteiger partial charge on any atom is -0.388 e. The Morgan fingerprint density at radius 3 is 2.50 bits per heavy atom. The fourth-order valence-electron chi connectivity index (χ4n) is 4.11. The van der Waals surface area contributed by atoms with Crippen molar-refractivity contribution in [1.29, 1.82) is 0 Å². The first kappa shape index (κ1) is 24.0. The van der Waals surface area contributed by atoms with E-state index >= 15 is 0 Å². The maximum Gasteiger partial charge on any atom is 0.136 e. The van der Waals surface area contributed by atoms with Gasteiger partial charge in [0.05, 0.1) is 6.10 Å². The quantitative estimate of drug-likeness (QED) is 0.337. The van der Waals surface area contributed by atoms with Gasteiger partial charge in [0.25, 0.3) is 0 Å². The molecule has 0 saturated heterocycles. The van der Waals surface area contributed by atoms with Crippen LogP contribution in [-0.2, 0) is 37.5 Å². The molecular weight excluding hydrogens is 397 g/mol. The van der Waals surface area contributed by atoms with E-state index in [0.717, 1.165) is 56.9 Å². The summed E-state index contributed by atoms with van der Waals surface area (Å²) in [4.78, 5) is 12.3. The number of rotatable bonds is 11. The SMILES string of the molecule is [CH2-]CCCCCC1C(=O)CCC1c1ccc(C(O)CCCCC)cc1.[Y]. The minimum atomic E-state index is -0.357. The summed E-state index contributed by atoms with van der Waals surface area (Å²) >= 11 is 0. The van der Waals surface area contributed by atoms with Crippen molar-refractivity contribution in [3.63, 3.8) is 0 Å². The maximum atomic E-state index is 12.3. The van der Waals surface area contributed by atoms with Crippen LogP contribution in [0.15, 0.2) is 24.3 Å². The van der Waals surface area contributed by atoms with Crippen molar-refractivity contribution in [1.82, 2.24) is 0 Å². The topological polar surface area (TPSA) is 37.3 Å². The van der Waals surface area contributed by atoms with E-state index in [-0.39, 0.29) is 44.7 Å². The second-order valence-electron chi connectivity index (χ2n) is 7.60. The van der Waals surface area contributed by atoms with Crippen LogP contribution in [0.5, 0.6) is 0 Å². The molecule has 3 atom stereocenters. The molecule has 26 heavy (non-hydrogen) atoms. The van der Waals surface area contributed by atoms with E-state index in [9.17, 15) is 9.90 Å². The summed E-state index contributed by atoms with van der Waals surface area (Å²) in [7, 11) is 0. The van der Waals surface area contributed by atoms with Crippen molar-refractivity contribution >= 4 is 5.78 Å². The van der Waals surface area contributed by atoms with Crippen LogP contribution < -0.4 is 0 Å². The molecule has 2 rings (SSSR count). The van der Waals surface area contributed by atoms with Crippen LogP contribution >= 0.6 is 0 Å². The van der Waals surface area contributed by atoms with E-state index < -0.39 is 0 Å². The van der Waals surface area contributed by atoms with Gasteiger partial charge in [-0.3, -0.25) is 4.79 Å². The summed E-state index contributed by atoms with van der Waals surface area (Å²) < 4.78 is 0. The second kappa shape index (κ2) is 13.2. The van der Waals surface area contributed by atoms with Crippen LogP contribution in [0.1, 0.15) is 101 Å². The predicted octanol–water partition coefficient (Wildman–Crippen LogP) is 6.15. The van der Waals surface area contributed by atoms with E-state index in [1.165, 1.54) is 24.8 Å². The molecule has 1 saturated carbocycles. The molecule has 1 N–H and O–H groups in total. The summed E-state index contributed by atoms with van der Waals surface area (Å²) in [5.74, 6) is 1.02. The fourth-order valence-corrected chi connectivity index (χ4v) is 4.11. The van der Waals surface area contributed by atoms with Gasteiger partial charge in [-0.2, -0.15) is 6.42 Å². The van der Waals surface area contributed by atoms with Gasteiger partial charge in [0.2, 0.25) is 0 Å². The number of hydrogen-bond acceptors (Lipinski definition) is 2. The van der Waals surface area contributed by atoms with Gasteiger partial charge in [-0.05, 0) is 36.3 Å². The number of Topliss-reactive ketones (excluding diaryl/α,β-unsaturated/α-hetero) is 1. The number of carbonyl (C=O) groups excluding carboxylic acids is 1. The fraction of sp³-hybridized carbons (Fsp3) is 0.652. The number of hydrogen-bond donors (Lipinski definition) is 1. The van der Waals surface area contributed by atoms with Gasteiger partial charge in [-0.25, -0.2) is 0 Å². The monoisotopic (exact) mass is 432 g/mol. The molecule has 2 nitrogen and oxygen atoms in total. The molecule has 0 amide bonds. The van der Waals surface area contributed by atoms with E-state index in [1.54, 1.807) is 0 Å². The van der Waals surface area contributed by atoms with E-state index in [4.69, 9.17) is 0 Å². The van der Waals surface area contributed by atoms with Gasteiger partial charge in [0, 0.05) is 45.0 Å². The predicted molar refractivity (Wildman–Crippen MR) is 104 cm³/mol. The smallest absolute Gasteiger partial charge is 0.136 e. The van der Waals surface area contributed by atoms with Crippen LogP contribution in [0.2, 0.25) is 0 Å². The van der Waals surface area contributed by atoms with Crippen LogP contribution in [-0.4, -0.2) is 10.9 Å². The Labute approximate surface area is 185 Å². The van der Waals surface area contributed by atoms with Crippen molar-refractivity contribution in [2.45, 2.75) is 89.6 Å². The number of unbranched alkanes of at least 4 members (excludes halogenated alkanes) is 5. The van der Waals surface area contributed by atoms with E-state index in [0.29, 0.717) is 11.7 Å². The van der Waals surface area contributed by atoms with Gasteiger partial charge < -0.3 is 12.0 Å². The van der Waals surface area contributed by atoms with Crippen molar-refractivity contribution in [3.05, 3.63) is 42.3 Å². The molecule has 1 aliphatic rings. The molecule has 1 aromatic rings. The first-order valence-electron chi connectivity index (χ1n) is 10.3. The summed E-state index contributed by atoms with van der Waals surface area (Å²) in [5, 5.41) is 10.3. The van der Waals surface area contributed by atoms with E-state index in [1.807, 2.05) is 0 Å². The minimum absolute atomic E-state index is 0. The normalized spacial score (nSPS) is 20.8.